The molecule has 0 amide bonds. The molecule has 0 aliphatic carbocycles. The van der Waals surface area contributed by atoms with Crippen LogP contribution in [0.4, 0.5) is 17.6 Å². The number of aliphatic carboxylic acids is 1. The smallest absolute Gasteiger partial charge is 0.430 e. The van der Waals surface area contributed by atoms with Gasteiger partial charge in [0, 0.05) is 11.6 Å². The first kappa shape index (κ1) is 20.0. The Morgan fingerprint density at radius 3 is 2.54 bits per heavy atom. The van der Waals surface area contributed by atoms with Gasteiger partial charge >= 0.3 is 12.1 Å². The number of rotatable bonds is 4. The number of halogens is 5. The van der Waals surface area contributed by atoms with E-state index in [-0.39, 0.29) is 27.8 Å². The SMILES string of the molecule is CCc1ccc(Oc2cc3c(cc2Cl)C=C(C(=O)O)C(C(F)(F)F)O3)c(F)c1. The monoisotopic (exact) mass is 416 g/mol. The van der Waals surface area contributed by atoms with Crippen LogP contribution >= 0.6 is 11.6 Å². The third-order valence-corrected chi connectivity index (χ3v) is 4.37. The van der Waals surface area contributed by atoms with E-state index >= 15 is 0 Å². The molecular weight excluding hydrogens is 404 g/mol. The minimum absolute atomic E-state index is 0.0389. The van der Waals surface area contributed by atoms with Crippen LogP contribution in [0.3, 0.4) is 0 Å². The van der Waals surface area contributed by atoms with Gasteiger partial charge in [0.2, 0.25) is 6.10 Å². The van der Waals surface area contributed by atoms with Crippen molar-refractivity contribution in [2.45, 2.75) is 25.6 Å². The molecule has 0 spiro atoms. The number of carbonyl (C=O) groups is 1. The van der Waals surface area contributed by atoms with E-state index in [0.717, 1.165) is 17.7 Å². The molecule has 0 fully saturated rings. The number of carboxylic acid groups (broad SMARTS) is 1. The Balaban J connectivity index is 2.00. The number of hydrogen-bond acceptors (Lipinski definition) is 3. The molecular formula is C19H13ClF4O4. The van der Waals surface area contributed by atoms with Crippen LogP contribution in [0.15, 0.2) is 35.9 Å². The average Bonchev–Trinajstić information content (AvgIpc) is 2.62. The van der Waals surface area contributed by atoms with Crippen molar-refractivity contribution in [2.24, 2.45) is 0 Å². The number of alkyl halides is 3. The molecule has 1 atom stereocenters. The summed E-state index contributed by atoms with van der Waals surface area (Å²) in [5.74, 6) is -2.99. The lowest BCUT2D eigenvalue weighted by atomic mass is 10.0. The minimum Gasteiger partial charge on any atom is -0.478 e. The quantitative estimate of drug-likeness (QED) is 0.657. The number of fused-ring (bicyclic) bond motifs is 1. The van der Waals surface area contributed by atoms with E-state index in [0.29, 0.717) is 6.42 Å². The van der Waals surface area contributed by atoms with Gasteiger partial charge in [0.25, 0.3) is 0 Å². The van der Waals surface area contributed by atoms with Gasteiger partial charge in [-0.1, -0.05) is 24.6 Å². The van der Waals surface area contributed by atoms with E-state index in [9.17, 15) is 22.4 Å². The first-order chi connectivity index (χ1) is 13.1. The third-order valence-electron chi connectivity index (χ3n) is 4.07. The molecule has 9 heteroatoms. The summed E-state index contributed by atoms with van der Waals surface area (Å²) in [5.41, 5.74) is -0.188. The average molecular weight is 417 g/mol. The van der Waals surface area contributed by atoms with E-state index in [1.165, 1.54) is 18.2 Å². The van der Waals surface area contributed by atoms with Crippen molar-refractivity contribution in [3.05, 3.63) is 57.9 Å². The number of carboxylic acids is 1. The summed E-state index contributed by atoms with van der Waals surface area (Å²) in [6, 6.07) is 6.56. The molecule has 1 N–H and O–H groups in total. The Labute approximate surface area is 161 Å². The summed E-state index contributed by atoms with van der Waals surface area (Å²) in [5, 5.41) is 8.99. The number of aryl methyl sites for hydroxylation is 1. The molecule has 0 aromatic heterocycles. The van der Waals surface area contributed by atoms with Crippen LogP contribution in [0.5, 0.6) is 17.2 Å². The Bertz CT molecular complexity index is 969. The summed E-state index contributed by atoms with van der Waals surface area (Å²) in [6.07, 6.45) is -6.13. The predicted octanol–water partition coefficient (Wildman–Crippen LogP) is 5.63. The molecule has 0 saturated carbocycles. The first-order valence-corrected chi connectivity index (χ1v) is 8.46. The van der Waals surface area contributed by atoms with Crippen LogP contribution in [-0.2, 0) is 11.2 Å². The fourth-order valence-electron chi connectivity index (χ4n) is 2.66. The molecule has 148 valence electrons. The van der Waals surface area contributed by atoms with E-state index < -0.39 is 29.6 Å². The topological polar surface area (TPSA) is 55.8 Å². The first-order valence-electron chi connectivity index (χ1n) is 8.08. The van der Waals surface area contributed by atoms with Gasteiger partial charge in [0.1, 0.15) is 11.5 Å². The number of hydrogen-bond donors (Lipinski definition) is 1. The van der Waals surface area contributed by atoms with Crippen LogP contribution in [-0.4, -0.2) is 23.4 Å². The van der Waals surface area contributed by atoms with E-state index in [1.807, 2.05) is 6.92 Å². The van der Waals surface area contributed by atoms with Gasteiger partial charge in [0.05, 0.1) is 10.6 Å². The zero-order valence-electron chi connectivity index (χ0n) is 14.3. The van der Waals surface area contributed by atoms with Gasteiger partial charge in [-0.3, -0.25) is 0 Å². The summed E-state index contributed by atoms with van der Waals surface area (Å²) in [6.45, 7) is 1.85. The van der Waals surface area contributed by atoms with Crippen molar-refractivity contribution in [2.75, 3.05) is 0 Å². The summed E-state index contributed by atoms with van der Waals surface area (Å²) in [4.78, 5) is 11.2. The molecule has 3 rings (SSSR count). The van der Waals surface area contributed by atoms with Crippen molar-refractivity contribution in [3.8, 4) is 17.2 Å². The van der Waals surface area contributed by atoms with Crippen LogP contribution in [0.1, 0.15) is 18.1 Å². The Hall–Kier alpha value is -2.74. The standard InChI is InChI=1S/C19H13ClF4O4/c1-2-9-3-4-14(13(21)5-9)27-16-8-15-10(7-12(16)20)6-11(18(25)26)17(28-15)19(22,23)24/h3-8,17H,2H2,1H3,(H,25,26). The normalized spacial score (nSPS) is 16.1. The highest BCUT2D eigenvalue weighted by Crippen LogP contribution is 2.42. The maximum absolute atomic E-state index is 14.1. The lowest BCUT2D eigenvalue weighted by molar-refractivity contribution is -0.187. The second kappa shape index (κ2) is 7.35. The highest BCUT2D eigenvalue weighted by atomic mass is 35.5. The minimum atomic E-state index is -4.94. The van der Waals surface area contributed by atoms with Gasteiger partial charge in [-0.15, -0.1) is 0 Å². The van der Waals surface area contributed by atoms with Crippen LogP contribution in [0, 0.1) is 5.82 Å². The van der Waals surface area contributed by atoms with Crippen LogP contribution in [0.25, 0.3) is 6.08 Å². The molecule has 1 unspecified atom stereocenters. The Morgan fingerprint density at radius 2 is 1.96 bits per heavy atom. The molecule has 28 heavy (non-hydrogen) atoms. The van der Waals surface area contributed by atoms with E-state index in [1.54, 1.807) is 6.07 Å². The molecule has 0 radical (unpaired) electrons. The number of ether oxygens (including phenoxy) is 2. The Kier molecular flexibility index (Phi) is 5.25. The largest absolute Gasteiger partial charge is 0.478 e. The van der Waals surface area contributed by atoms with Crippen molar-refractivity contribution < 1.29 is 36.9 Å². The predicted molar refractivity (Wildman–Crippen MR) is 93.4 cm³/mol. The summed E-state index contributed by atoms with van der Waals surface area (Å²) in [7, 11) is 0. The molecule has 0 saturated heterocycles. The summed E-state index contributed by atoms with van der Waals surface area (Å²) < 4.78 is 63.9. The highest BCUT2D eigenvalue weighted by molar-refractivity contribution is 6.32. The fraction of sp³-hybridized carbons (Fsp3) is 0.211. The van der Waals surface area contributed by atoms with Crippen molar-refractivity contribution in [1.82, 2.24) is 0 Å². The maximum Gasteiger partial charge on any atom is 0.430 e. The molecule has 0 bridgehead atoms. The maximum atomic E-state index is 14.1. The molecule has 1 heterocycles. The lowest BCUT2D eigenvalue weighted by Crippen LogP contribution is -2.40. The van der Waals surface area contributed by atoms with Crippen LogP contribution < -0.4 is 9.47 Å². The molecule has 2 aromatic rings. The van der Waals surface area contributed by atoms with Crippen molar-refractivity contribution >= 4 is 23.6 Å². The van der Waals surface area contributed by atoms with E-state index in [2.05, 4.69) is 0 Å². The molecule has 1 aliphatic rings. The fourth-order valence-corrected chi connectivity index (χ4v) is 2.87. The second-order valence-corrected chi connectivity index (χ2v) is 6.39. The van der Waals surface area contributed by atoms with E-state index in [4.69, 9.17) is 26.2 Å². The highest BCUT2D eigenvalue weighted by Gasteiger charge is 2.48. The molecule has 1 aliphatic heterocycles. The number of benzene rings is 2. The van der Waals surface area contributed by atoms with Gasteiger partial charge in [-0.05, 0) is 36.3 Å². The summed E-state index contributed by atoms with van der Waals surface area (Å²) >= 11 is 6.07. The van der Waals surface area contributed by atoms with Gasteiger partial charge < -0.3 is 14.6 Å². The van der Waals surface area contributed by atoms with Crippen molar-refractivity contribution in [3.63, 3.8) is 0 Å². The molecule has 2 aromatic carbocycles. The zero-order chi connectivity index (χ0) is 20.6. The zero-order valence-corrected chi connectivity index (χ0v) is 15.1. The van der Waals surface area contributed by atoms with Crippen LogP contribution in [0.2, 0.25) is 5.02 Å². The Morgan fingerprint density at radius 1 is 1.25 bits per heavy atom. The lowest BCUT2D eigenvalue weighted by Gasteiger charge is -2.27. The van der Waals surface area contributed by atoms with Gasteiger partial charge in [-0.25, -0.2) is 9.18 Å². The second-order valence-electron chi connectivity index (χ2n) is 5.99. The van der Waals surface area contributed by atoms with Gasteiger partial charge in [0.15, 0.2) is 11.6 Å². The third kappa shape index (κ3) is 3.91. The molecule has 4 nitrogen and oxygen atoms in total. The van der Waals surface area contributed by atoms with Gasteiger partial charge in [-0.2, -0.15) is 13.2 Å². The van der Waals surface area contributed by atoms with Crippen molar-refractivity contribution in [1.29, 1.82) is 0 Å².